The van der Waals surface area contributed by atoms with Crippen molar-refractivity contribution in [2.24, 2.45) is 0 Å². The van der Waals surface area contributed by atoms with Crippen LogP contribution in [0.5, 0.6) is 0 Å². The van der Waals surface area contributed by atoms with Crippen LogP contribution in [0.15, 0.2) is 18.2 Å². The van der Waals surface area contributed by atoms with E-state index in [9.17, 15) is 14.9 Å². The molecule has 1 aromatic carbocycles. The summed E-state index contributed by atoms with van der Waals surface area (Å²) >= 11 is 0. The molecule has 0 spiro atoms. The van der Waals surface area contributed by atoms with Crippen molar-refractivity contribution >= 4 is 11.6 Å². The van der Waals surface area contributed by atoms with Crippen molar-refractivity contribution in [2.45, 2.75) is 33.3 Å². The highest BCUT2D eigenvalue weighted by Crippen LogP contribution is 2.23. The van der Waals surface area contributed by atoms with Gasteiger partial charge in [0.2, 0.25) is 0 Å². The van der Waals surface area contributed by atoms with Gasteiger partial charge in [0, 0.05) is 5.56 Å². The van der Waals surface area contributed by atoms with Crippen LogP contribution in [-0.2, 0) is 4.84 Å². The van der Waals surface area contributed by atoms with Gasteiger partial charge in [0.25, 0.3) is 11.6 Å². The molecule has 0 aliphatic carbocycles. The van der Waals surface area contributed by atoms with Crippen LogP contribution in [0.25, 0.3) is 0 Å². The van der Waals surface area contributed by atoms with E-state index >= 15 is 0 Å². The number of amides is 1. The van der Waals surface area contributed by atoms with Crippen molar-refractivity contribution in [1.82, 2.24) is 5.48 Å². The fourth-order valence-corrected chi connectivity index (χ4v) is 1.34. The highest BCUT2D eigenvalue weighted by molar-refractivity contribution is 5.98. The molecule has 1 aromatic rings. The zero-order valence-corrected chi connectivity index (χ0v) is 10.8. The van der Waals surface area contributed by atoms with E-state index < -0.39 is 16.4 Å². The van der Waals surface area contributed by atoms with Crippen molar-refractivity contribution in [1.29, 1.82) is 0 Å². The minimum atomic E-state index is -0.625. The first-order chi connectivity index (χ1) is 8.22. The van der Waals surface area contributed by atoms with Gasteiger partial charge < -0.3 is 0 Å². The van der Waals surface area contributed by atoms with Gasteiger partial charge >= 0.3 is 0 Å². The Labute approximate surface area is 105 Å². The number of nitrogens with one attached hydrogen (secondary N) is 1. The molecular formula is C12H16N2O4. The van der Waals surface area contributed by atoms with Crippen molar-refractivity contribution in [3.8, 4) is 0 Å². The van der Waals surface area contributed by atoms with Gasteiger partial charge in [0.1, 0.15) is 5.56 Å². The number of rotatable bonds is 3. The second-order valence-electron chi connectivity index (χ2n) is 4.87. The third-order valence-corrected chi connectivity index (χ3v) is 2.11. The highest BCUT2D eigenvalue weighted by atomic mass is 16.7. The number of nitrogens with zero attached hydrogens (tertiary/aromatic N) is 1. The lowest BCUT2D eigenvalue weighted by Crippen LogP contribution is -2.33. The SMILES string of the molecule is Cc1cccc(C(=O)NOC(C)(C)C)c1[N+](=O)[O-]. The van der Waals surface area contributed by atoms with Crippen molar-refractivity contribution in [3.63, 3.8) is 0 Å². The molecule has 1 amide bonds. The maximum absolute atomic E-state index is 11.8. The lowest BCUT2D eigenvalue weighted by Gasteiger charge is -2.18. The van der Waals surface area contributed by atoms with Gasteiger partial charge in [-0.25, -0.2) is 5.48 Å². The summed E-state index contributed by atoms with van der Waals surface area (Å²) in [5.74, 6) is -0.625. The number of nitro benzene ring substituents is 1. The Morgan fingerprint density at radius 1 is 1.39 bits per heavy atom. The van der Waals surface area contributed by atoms with Gasteiger partial charge in [-0.15, -0.1) is 0 Å². The average Bonchev–Trinajstić information content (AvgIpc) is 2.24. The number of carbonyl (C=O) groups is 1. The Bertz CT molecular complexity index is 477. The van der Waals surface area contributed by atoms with Crippen molar-refractivity contribution < 1.29 is 14.6 Å². The molecule has 0 aromatic heterocycles. The summed E-state index contributed by atoms with van der Waals surface area (Å²) in [5, 5.41) is 10.9. The Balaban J connectivity index is 3.00. The predicted molar refractivity (Wildman–Crippen MR) is 66.1 cm³/mol. The molecule has 0 radical (unpaired) electrons. The van der Waals surface area contributed by atoms with Crippen molar-refractivity contribution in [2.75, 3.05) is 0 Å². The molecule has 1 rings (SSSR count). The summed E-state index contributed by atoms with van der Waals surface area (Å²) in [5.41, 5.74) is 1.88. The minimum absolute atomic E-state index is 0.00995. The molecule has 0 atom stereocenters. The Morgan fingerprint density at radius 2 is 2.00 bits per heavy atom. The van der Waals surface area contributed by atoms with Gasteiger partial charge in [-0.1, -0.05) is 12.1 Å². The third kappa shape index (κ3) is 3.53. The van der Waals surface area contributed by atoms with Gasteiger partial charge in [-0.3, -0.25) is 19.7 Å². The normalized spacial score (nSPS) is 11.1. The minimum Gasteiger partial charge on any atom is -0.268 e. The molecule has 0 aliphatic heterocycles. The standard InChI is InChI=1S/C12H16N2O4/c1-8-6-5-7-9(10(8)14(16)17)11(15)13-18-12(2,3)4/h5-7H,1-4H3,(H,13,15). The van der Waals surface area contributed by atoms with Crippen LogP contribution < -0.4 is 5.48 Å². The molecule has 98 valence electrons. The second-order valence-corrected chi connectivity index (χ2v) is 4.87. The number of nitro groups is 1. The van der Waals surface area contributed by atoms with E-state index in [1.165, 1.54) is 6.07 Å². The summed E-state index contributed by atoms with van der Waals surface area (Å²) in [7, 11) is 0. The second kappa shape index (κ2) is 5.14. The fraction of sp³-hybridized carbons (Fsp3) is 0.417. The lowest BCUT2D eigenvalue weighted by molar-refractivity contribution is -0.385. The van der Waals surface area contributed by atoms with Crippen LogP contribution in [0.4, 0.5) is 5.69 Å². The average molecular weight is 252 g/mol. The van der Waals surface area contributed by atoms with Crippen LogP contribution in [0.2, 0.25) is 0 Å². The summed E-state index contributed by atoms with van der Waals surface area (Å²) in [6.07, 6.45) is 0. The first-order valence-corrected chi connectivity index (χ1v) is 5.45. The molecule has 0 fully saturated rings. The number of hydrogen-bond donors (Lipinski definition) is 1. The zero-order chi connectivity index (χ0) is 13.9. The van der Waals surface area contributed by atoms with Gasteiger partial charge in [-0.2, -0.15) is 0 Å². The first-order valence-electron chi connectivity index (χ1n) is 5.45. The zero-order valence-electron chi connectivity index (χ0n) is 10.8. The number of hydrogen-bond acceptors (Lipinski definition) is 4. The van der Waals surface area contributed by atoms with E-state index in [1.807, 2.05) is 0 Å². The quantitative estimate of drug-likeness (QED) is 0.661. The van der Waals surface area contributed by atoms with E-state index in [2.05, 4.69) is 5.48 Å². The molecular weight excluding hydrogens is 236 g/mol. The Hall–Kier alpha value is -1.95. The molecule has 18 heavy (non-hydrogen) atoms. The lowest BCUT2D eigenvalue weighted by atomic mass is 10.1. The number of para-hydroxylation sites is 1. The summed E-state index contributed by atoms with van der Waals surface area (Å²) in [6, 6.07) is 4.57. The van der Waals surface area contributed by atoms with Gasteiger partial charge in [-0.05, 0) is 33.8 Å². The highest BCUT2D eigenvalue weighted by Gasteiger charge is 2.23. The Kier molecular flexibility index (Phi) is 4.03. The fourth-order valence-electron chi connectivity index (χ4n) is 1.34. The van der Waals surface area contributed by atoms with E-state index in [1.54, 1.807) is 39.8 Å². The number of aryl methyl sites for hydroxylation is 1. The molecule has 0 bridgehead atoms. The predicted octanol–water partition coefficient (Wildman–Crippen LogP) is 2.36. The summed E-state index contributed by atoms with van der Waals surface area (Å²) in [6.45, 7) is 6.87. The van der Waals surface area contributed by atoms with Gasteiger partial charge in [0.15, 0.2) is 0 Å². The van der Waals surface area contributed by atoms with Crippen molar-refractivity contribution in [3.05, 3.63) is 39.4 Å². The Morgan fingerprint density at radius 3 is 2.50 bits per heavy atom. The molecule has 1 N–H and O–H groups in total. The van der Waals surface area contributed by atoms with Crippen LogP contribution in [0.1, 0.15) is 36.7 Å². The first kappa shape index (κ1) is 14.1. The van der Waals surface area contributed by atoms with Crippen LogP contribution in [0, 0.1) is 17.0 Å². The topological polar surface area (TPSA) is 81.5 Å². The number of benzene rings is 1. The van der Waals surface area contributed by atoms with Crippen LogP contribution in [-0.4, -0.2) is 16.4 Å². The van der Waals surface area contributed by atoms with E-state index in [4.69, 9.17) is 4.84 Å². The van der Waals surface area contributed by atoms with Gasteiger partial charge in [0.05, 0.1) is 10.5 Å². The molecule has 0 aliphatic rings. The monoisotopic (exact) mass is 252 g/mol. The molecule has 0 unspecified atom stereocenters. The maximum atomic E-state index is 11.8. The van der Waals surface area contributed by atoms with E-state index in [-0.39, 0.29) is 11.3 Å². The maximum Gasteiger partial charge on any atom is 0.285 e. The molecule has 6 heteroatoms. The molecule has 0 saturated carbocycles. The van der Waals surface area contributed by atoms with E-state index in [0.717, 1.165) is 0 Å². The van der Waals surface area contributed by atoms with Crippen LogP contribution in [0.3, 0.4) is 0 Å². The summed E-state index contributed by atoms with van der Waals surface area (Å²) < 4.78 is 0. The molecule has 0 heterocycles. The van der Waals surface area contributed by atoms with Crippen LogP contribution >= 0.6 is 0 Å². The third-order valence-electron chi connectivity index (χ3n) is 2.11. The largest absolute Gasteiger partial charge is 0.285 e. The molecule has 6 nitrogen and oxygen atoms in total. The number of hydroxylamine groups is 1. The summed E-state index contributed by atoms with van der Waals surface area (Å²) in [4.78, 5) is 27.3. The number of carbonyl (C=O) groups excluding carboxylic acids is 1. The molecule has 0 saturated heterocycles. The van der Waals surface area contributed by atoms with E-state index in [0.29, 0.717) is 5.56 Å². The smallest absolute Gasteiger partial charge is 0.268 e.